The van der Waals surface area contributed by atoms with Crippen molar-refractivity contribution in [3.63, 3.8) is 0 Å². The maximum Gasteiger partial charge on any atom is 0.336 e. The van der Waals surface area contributed by atoms with Crippen molar-refractivity contribution in [1.29, 1.82) is 0 Å². The fourth-order valence-corrected chi connectivity index (χ4v) is 3.18. The van der Waals surface area contributed by atoms with Gasteiger partial charge in [-0.3, -0.25) is 4.79 Å². The highest BCUT2D eigenvalue weighted by atomic mass is 16.6. The molecule has 0 radical (unpaired) electrons. The van der Waals surface area contributed by atoms with Crippen LogP contribution < -0.4 is 10.4 Å². The third-order valence-corrected chi connectivity index (χ3v) is 4.69. The first kappa shape index (κ1) is 19.7. The zero-order valence-corrected chi connectivity index (χ0v) is 16.4. The van der Waals surface area contributed by atoms with Gasteiger partial charge in [-0.05, 0) is 45.9 Å². The Morgan fingerprint density at radius 3 is 2.43 bits per heavy atom. The van der Waals surface area contributed by atoms with Crippen molar-refractivity contribution >= 4 is 22.9 Å². The highest BCUT2D eigenvalue weighted by molar-refractivity contribution is 5.89. The molecule has 0 N–H and O–H groups in total. The van der Waals surface area contributed by atoms with Gasteiger partial charge in [0.05, 0.1) is 5.56 Å². The number of carbonyl (C=O) groups is 2. The van der Waals surface area contributed by atoms with Gasteiger partial charge in [0.25, 0.3) is 0 Å². The molecular weight excluding hydrogens is 364 g/mol. The van der Waals surface area contributed by atoms with Crippen LogP contribution in [0.3, 0.4) is 0 Å². The summed E-state index contributed by atoms with van der Waals surface area (Å²) >= 11 is 0. The lowest BCUT2D eigenvalue weighted by molar-refractivity contribution is -0.186. The molecule has 0 fully saturated rings. The van der Waals surface area contributed by atoms with Crippen molar-refractivity contribution < 1.29 is 28.2 Å². The summed E-state index contributed by atoms with van der Waals surface area (Å²) in [5, 5.41) is 0.632. The second-order valence-electron chi connectivity index (χ2n) is 7.18. The van der Waals surface area contributed by atoms with Gasteiger partial charge in [-0.15, -0.1) is 0 Å². The lowest BCUT2D eigenvalue weighted by Gasteiger charge is -2.43. The number of rotatable bonds is 3. The van der Waals surface area contributed by atoms with E-state index in [4.69, 9.17) is 18.6 Å². The summed E-state index contributed by atoms with van der Waals surface area (Å²) in [6, 6.07) is 6.37. The smallest absolute Gasteiger partial charge is 0.336 e. The Bertz CT molecular complexity index is 1030. The molecular formula is C21H22O7. The van der Waals surface area contributed by atoms with Crippen molar-refractivity contribution in [3.05, 3.63) is 51.9 Å². The number of benzene rings is 1. The Hall–Kier alpha value is -3.09. The maximum absolute atomic E-state index is 12.5. The minimum Gasteiger partial charge on any atom is -0.483 e. The maximum atomic E-state index is 12.5. The van der Waals surface area contributed by atoms with E-state index in [9.17, 15) is 14.4 Å². The monoisotopic (exact) mass is 386 g/mol. The van der Waals surface area contributed by atoms with Gasteiger partial charge in [0, 0.05) is 23.9 Å². The number of ether oxygens (including phenoxy) is 3. The topological polar surface area (TPSA) is 92.0 Å². The van der Waals surface area contributed by atoms with Gasteiger partial charge in [0.15, 0.2) is 12.2 Å². The molecule has 7 heteroatoms. The summed E-state index contributed by atoms with van der Waals surface area (Å²) in [6.45, 7) is 8.08. The number of allylic oxidation sites excluding steroid dienone is 1. The molecule has 0 aliphatic carbocycles. The van der Waals surface area contributed by atoms with E-state index in [1.807, 2.05) is 0 Å². The summed E-state index contributed by atoms with van der Waals surface area (Å²) < 4.78 is 22.7. The molecule has 1 aromatic carbocycles. The zero-order chi connectivity index (χ0) is 20.6. The van der Waals surface area contributed by atoms with Crippen molar-refractivity contribution in [2.24, 2.45) is 0 Å². The largest absolute Gasteiger partial charge is 0.483 e. The minimum absolute atomic E-state index is 0.230. The zero-order valence-electron chi connectivity index (χ0n) is 16.4. The number of carbonyl (C=O) groups excluding carboxylic acids is 2. The van der Waals surface area contributed by atoms with E-state index < -0.39 is 35.4 Å². The molecule has 0 saturated carbocycles. The molecule has 3 rings (SSSR count). The molecule has 1 aromatic heterocycles. The molecule has 2 aromatic rings. The van der Waals surface area contributed by atoms with Gasteiger partial charge < -0.3 is 18.6 Å². The summed E-state index contributed by atoms with van der Waals surface area (Å²) in [7, 11) is 0. The van der Waals surface area contributed by atoms with E-state index in [1.165, 1.54) is 13.0 Å². The van der Waals surface area contributed by atoms with Gasteiger partial charge >= 0.3 is 17.6 Å². The highest BCUT2D eigenvalue weighted by Crippen LogP contribution is 2.46. The van der Waals surface area contributed by atoms with Crippen LogP contribution in [0.5, 0.6) is 5.75 Å². The molecule has 2 atom stereocenters. The average Bonchev–Trinajstić information content (AvgIpc) is 2.62. The van der Waals surface area contributed by atoms with Crippen LogP contribution in [0.1, 0.15) is 46.3 Å². The molecule has 1 aliphatic heterocycles. The van der Waals surface area contributed by atoms with E-state index in [-0.39, 0.29) is 5.58 Å². The molecule has 0 amide bonds. The minimum atomic E-state index is -1.01. The van der Waals surface area contributed by atoms with E-state index in [0.29, 0.717) is 22.3 Å². The molecule has 148 valence electrons. The summed E-state index contributed by atoms with van der Waals surface area (Å²) in [4.78, 5) is 36.1. The van der Waals surface area contributed by atoms with Crippen molar-refractivity contribution in [1.82, 2.24) is 0 Å². The molecule has 2 heterocycles. The molecule has 0 bridgehead atoms. The first-order valence-corrected chi connectivity index (χ1v) is 8.91. The van der Waals surface area contributed by atoms with Gasteiger partial charge in [-0.2, -0.15) is 0 Å². The fraction of sp³-hybridized carbons (Fsp3) is 0.381. The second kappa shape index (κ2) is 7.14. The van der Waals surface area contributed by atoms with Crippen LogP contribution in [-0.4, -0.2) is 23.6 Å². The van der Waals surface area contributed by atoms with E-state index in [0.717, 1.165) is 0 Å². The highest BCUT2D eigenvalue weighted by Gasteiger charge is 2.49. The normalized spacial score (nSPS) is 20.8. The quantitative estimate of drug-likeness (QED) is 0.453. The SMILES string of the molecule is CC=C(C)C(=O)O[C@@H]1c2c(ccc3ccc(=O)oc23)OC(C)(C)[C@@H]1OC(C)=O. The Morgan fingerprint density at radius 1 is 1.11 bits per heavy atom. The van der Waals surface area contributed by atoms with E-state index in [1.54, 1.807) is 52.0 Å². The van der Waals surface area contributed by atoms with Gasteiger partial charge in [-0.1, -0.05) is 6.08 Å². The molecule has 28 heavy (non-hydrogen) atoms. The fourth-order valence-electron chi connectivity index (χ4n) is 3.18. The standard InChI is InChI=1S/C21H22O7/c1-6-11(2)20(24)27-18-16-14(28-21(4,5)19(18)25-12(3)22)9-7-13-8-10-15(23)26-17(13)16/h6-10,18-19H,1-5H3/t18-,19-/m1/s1. The lowest BCUT2D eigenvalue weighted by atomic mass is 9.87. The second-order valence-corrected chi connectivity index (χ2v) is 7.18. The summed E-state index contributed by atoms with van der Waals surface area (Å²) in [6.07, 6.45) is -0.334. The predicted molar refractivity (Wildman–Crippen MR) is 101 cm³/mol. The van der Waals surface area contributed by atoms with Crippen LogP contribution in [0.15, 0.2) is 45.1 Å². The number of esters is 2. The van der Waals surface area contributed by atoms with Crippen molar-refractivity contribution in [3.8, 4) is 5.75 Å². The Morgan fingerprint density at radius 2 is 1.79 bits per heavy atom. The van der Waals surface area contributed by atoms with E-state index >= 15 is 0 Å². The number of hydrogen-bond donors (Lipinski definition) is 0. The van der Waals surface area contributed by atoms with Crippen LogP contribution in [0.2, 0.25) is 0 Å². The average molecular weight is 386 g/mol. The third kappa shape index (κ3) is 3.52. The van der Waals surface area contributed by atoms with Crippen LogP contribution in [0, 0.1) is 0 Å². The molecule has 0 unspecified atom stereocenters. The Kier molecular flexibility index (Phi) is 5.02. The molecule has 7 nitrogen and oxygen atoms in total. The number of hydrogen-bond acceptors (Lipinski definition) is 7. The van der Waals surface area contributed by atoms with Gasteiger partial charge in [0.1, 0.15) is 16.9 Å². The van der Waals surface area contributed by atoms with Crippen LogP contribution in [0.4, 0.5) is 0 Å². The van der Waals surface area contributed by atoms with Crippen LogP contribution >= 0.6 is 0 Å². The summed E-state index contributed by atoms with van der Waals surface area (Å²) in [5.41, 5.74) is -0.555. The van der Waals surface area contributed by atoms with Crippen LogP contribution in [0.25, 0.3) is 11.0 Å². The lowest BCUT2D eigenvalue weighted by Crippen LogP contribution is -2.52. The number of fused-ring (bicyclic) bond motifs is 3. The summed E-state index contributed by atoms with van der Waals surface area (Å²) in [5.74, 6) is -0.717. The van der Waals surface area contributed by atoms with E-state index in [2.05, 4.69) is 0 Å². The van der Waals surface area contributed by atoms with Crippen LogP contribution in [-0.2, 0) is 19.1 Å². The molecule has 1 aliphatic rings. The Balaban J connectivity index is 2.25. The predicted octanol–water partition coefficient (Wildman–Crippen LogP) is 3.45. The molecule has 0 spiro atoms. The first-order chi connectivity index (χ1) is 13.1. The van der Waals surface area contributed by atoms with Gasteiger partial charge in [0.2, 0.25) is 0 Å². The van der Waals surface area contributed by atoms with Crippen molar-refractivity contribution in [2.45, 2.75) is 52.4 Å². The molecule has 0 saturated heterocycles. The van der Waals surface area contributed by atoms with Crippen molar-refractivity contribution in [2.75, 3.05) is 0 Å². The first-order valence-electron chi connectivity index (χ1n) is 8.91. The van der Waals surface area contributed by atoms with Gasteiger partial charge in [-0.25, -0.2) is 9.59 Å². The Labute approximate surface area is 161 Å². The third-order valence-electron chi connectivity index (χ3n) is 4.69.